The number of carbonyl (C=O) groups excluding carboxylic acids is 1. The van der Waals surface area contributed by atoms with Crippen molar-refractivity contribution in [3.05, 3.63) is 92.9 Å². The second-order valence-electron chi connectivity index (χ2n) is 6.94. The molecule has 0 radical (unpaired) electrons. The third-order valence-corrected chi connectivity index (χ3v) is 8.49. The van der Waals surface area contributed by atoms with Crippen molar-refractivity contribution in [2.45, 2.75) is 10.6 Å². The highest BCUT2D eigenvalue weighted by Crippen LogP contribution is 2.26. The Labute approximate surface area is 216 Å². The van der Waals surface area contributed by atoms with Crippen LogP contribution in [0, 0.1) is 0 Å². The van der Waals surface area contributed by atoms with Gasteiger partial charge in [0.15, 0.2) is 0 Å². The van der Waals surface area contributed by atoms with Gasteiger partial charge in [0.2, 0.25) is 5.91 Å². The molecule has 3 aromatic carbocycles. The minimum atomic E-state index is -3.92. The molecule has 3 rings (SSSR count). The van der Waals surface area contributed by atoms with Gasteiger partial charge in [0.25, 0.3) is 10.0 Å². The SMILES string of the molecule is O=C(CN(c1ccc(Br)cc1)S(=O)(=O)c1ccccc1)NCCSCc1ccc(Cl)cc1Cl. The highest BCUT2D eigenvalue weighted by molar-refractivity contribution is 9.10. The van der Waals surface area contributed by atoms with Crippen molar-refractivity contribution in [2.24, 2.45) is 0 Å². The summed E-state index contributed by atoms with van der Waals surface area (Å²) in [5.74, 6) is 0.941. The van der Waals surface area contributed by atoms with E-state index in [9.17, 15) is 13.2 Å². The van der Waals surface area contributed by atoms with Gasteiger partial charge >= 0.3 is 0 Å². The van der Waals surface area contributed by atoms with Gasteiger partial charge in [-0.15, -0.1) is 0 Å². The fourth-order valence-corrected chi connectivity index (χ4v) is 6.04. The summed E-state index contributed by atoms with van der Waals surface area (Å²) in [6.45, 7) is 0.0702. The number of benzene rings is 3. The highest BCUT2D eigenvalue weighted by atomic mass is 79.9. The van der Waals surface area contributed by atoms with Crippen LogP contribution in [0.25, 0.3) is 0 Å². The summed E-state index contributed by atoms with van der Waals surface area (Å²) in [6.07, 6.45) is 0. The summed E-state index contributed by atoms with van der Waals surface area (Å²) in [5.41, 5.74) is 1.37. The van der Waals surface area contributed by atoms with Gasteiger partial charge in [-0.05, 0) is 54.1 Å². The standard InChI is InChI=1S/C23H21BrCl2N2O3S2/c24-18-7-10-20(11-8-18)28(33(30,31)21-4-2-1-3-5-21)15-23(29)27-12-13-32-16-17-6-9-19(25)14-22(17)26/h1-11,14H,12-13,15-16H2,(H,27,29). The number of nitrogens with one attached hydrogen (secondary N) is 1. The van der Waals surface area contributed by atoms with Crippen molar-refractivity contribution in [1.29, 1.82) is 0 Å². The lowest BCUT2D eigenvalue weighted by Gasteiger charge is -2.24. The Morgan fingerprint density at radius 1 is 1.00 bits per heavy atom. The Balaban J connectivity index is 1.61. The van der Waals surface area contributed by atoms with E-state index in [1.165, 1.54) is 12.1 Å². The van der Waals surface area contributed by atoms with E-state index in [2.05, 4.69) is 21.2 Å². The zero-order valence-electron chi connectivity index (χ0n) is 17.4. The Morgan fingerprint density at radius 2 is 1.70 bits per heavy atom. The summed E-state index contributed by atoms with van der Waals surface area (Å²) in [4.78, 5) is 12.7. The number of amides is 1. The van der Waals surface area contributed by atoms with Crippen LogP contribution in [0.2, 0.25) is 10.0 Å². The first-order valence-corrected chi connectivity index (χ1v) is 14.0. The molecule has 0 aromatic heterocycles. The number of halogens is 3. The molecule has 0 aliphatic carbocycles. The molecule has 10 heteroatoms. The van der Waals surface area contributed by atoms with Crippen molar-refractivity contribution < 1.29 is 13.2 Å². The first-order valence-electron chi connectivity index (χ1n) is 9.89. The lowest BCUT2D eigenvalue weighted by atomic mass is 10.2. The molecule has 3 aromatic rings. The fraction of sp³-hybridized carbons (Fsp3) is 0.174. The predicted octanol–water partition coefficient (Wildman–Crippen LogP) is 6.00. The summed E-state index contributed by atoms with van der Waals surface area (Å²) in [5, 5.41) is 3.99. The average Bonchev–Trinajstić information content (AvgIpc) is 2.80. The third-order valence-electron chi connectivity index (χ3n) is 4.57. The van der Waals surface area contributed by atoms with Crippen LogP contribution >= 0.6 is 50.9 Å². The van der Waals surface area contributed by atoms with Crippen molar-refractivity contribution in [2.75, 3.05) is 23.1 Å². The number of hydrogen-bond donors (Lipinski definition) is 1. The molecule has 0 fully saturated rings. The van der Waals surface area contributed by atoms with Crippen molar-refractivity contribution in [3.8, 4) is 0 Å². The molecule has 0 aliphatic heterocycles. The van der Waals surface area contributed by atoms with E-state index < -0.39 is 10.0 Å². The summed E-state index contributed by atoms with van der Waals surface area (Å²) in [7, 11) is -3.92. The molecule has 33 heavy (non-hydrogen) atoms. The second-order valence-corrected chi connectivity index (χ2v) is 11.7. The van der Waals surface area contributed by atoms with E-state index >= 15 is 0 Å². The first-order chi connectivity index (χ1) is 15.8. The molecule has 5 nitrogen and oxygen atoms in total. The average molecular weight is 588 g/mol. The zero-order chi connectivity index (χ0) is 23.8. The monoisotopic (exact) mass is 586 g/mol. The number of anilines is 1. The number of thioether (sulfide) groups is 1. The van der Waals surface area contributed by atoms with Crippen molar-refractivity contribution in [3.63, 3.8) is 0 Å². The van der Waals surface area contributed by atoms with Crippen LogP contribution in [0.5, 0.6) is 0 Å². The molecule has 0 bridgehead atoms. The van der Waals surface area contributed by atoms with Gasteiger partial charge in [-0.2, -0.15) is 11.8 Å². The van der Waals surface area contributed by atoms with Gasteiger partial charge in [-0.25, -0.2) is 8.42 Å². The molecule has 0 aliphatic rings. The lowest BCUT2D eigenvalue weighted by molar-refractivity contribution is -0.119. The van der Waals surface area contributed by atoms with Crippen LogP contribution in [-0.2, 0) is 20.6 Å². The van der Waals surface area contributed by atoms with Gasteiger partial charge in [-0.3, -0.25) is 9.10 Å². The highest BCUT2D eigenvalue weighted by Gasteiger charge is 2.27. The fourth-order valence-electron chi connectivity index (χ4n) is 2.91. The van der Waals surface area contributed by atoms with E-state index in [0.717, 1.165) is 14.3 Å². The molecule has 1 N–H and O–H groups in total. The van der Waals surface area contributed by atoms with Crippen LogP contribution in [0.4, 0.5) is 5.69 Å². The molecule has 0 saturated carbocycles. The van der Waals surface area contributed by atoms with Gasteiger partial charge in [0, 0.05) is 32.6 Å². The van der Waals surface area contributed by atoms with Crippen molar-refractivity contribution in [1.82, 2.24) is 5.32 Å². The van der Waals surface area contributed by atoms with Gasteiger partial charge in [0.05, 0.1) is 10.6 Å². The molecule has 0 unspecified atom stereocenters. The van der Waals surface area contributed by atoms with Gasteiger partial charge in [-0.1, -0.05) is 63.4 Å². The van der Waals surface area contributed by atoms with Crippen molar-refractivity contribution >= 4 is 72.5 Å². The molecular formula is C23H21BrCl2N2O3S2. The summed E-state index contributed by atoms with van der Waals surface area (Å²) >= 11 is 17.0. The van der Waals surface area contributed by atoms with Crippen LogP contribution in [0.1, 0.15) is 5.56 Å². The Morgan fingerprint density at radius 3 is 2.36 bits per heavy atom. The van der Waals surface area contributed by atoms with E-state index in [4.69, 9.17) is 23.2 Å². The van der Waals surface area contributed by atoms with E-state index in [-0.39, 0.29) is 17.3 Å². The van der Waals surface area contributed by atoms with E-state index in [0.29, 0.717) is 33.8 Å². The topological polar surface area (TPSA) is 66.5 Å². The first kappa shape index (κ1) is 25.9. The number of nitrogens with zero attached hydrogens (tertiary/aromatic N) is 1. The maximum absolute atomic E-state index is 13.3. The molecule has 0 saturated heterocycles. The smallest absolute Gasteiger partial charge is 0.264 e. The lowest BCUT2D eigenvalue weighted by Crippen LogP contribution is -2.41. The molecule has 1 amide bonds. The summed E-state index contributed by atoms with van der Waals surface area (Å²) in [6, 6.07) is 20.2. The van der Waals surface area contributed by atoms with Crippen LogP contribution in [-0.4, -0.2) is 33.2 Å². The summed E-state index contributed by atoms with van der Waals surface area (Å²) < 4.78 is 28.4. The minimum Gasteiger partial charge on any atom is -0.354 e. The number of hydrogen-bond acceptors (Lipinski definition) is 4. The maximum atomic E-state index is 13.3. The number of rotatable bonds is 10. The van der Waals surface area contributed by atoms with E-state index in [1.54, 1.807) is 66.4 Å². The minimum absolute atomic E-state index is 0.121. The molecule has 0 atom stereocenters. The maximum Gasteiger partial charge on any atom is 0.264 e. The number of sulfonamides is 1. The van der Waals surface area contributed by atoms with Crippen LogP contribution < -0.4 is 9.62 Å². The molecule has 0 spiro atoms. The Bertz CT molecular complexity index is 1190. The van der Waals surface area contributed by atoms with Crippen LogP contribution in [0.3, 0.4) is 0 Å². The Hall–Kier alpha value is -1.71. The Kier molecular flexibility index (Phi) is 9.52. The number of carbonyl (C=O) groups is 1. The van der Waals surface area contributed by atoms with E-state index in [1.807, 2.05) is 6.07 Å². The largest absolute Gasteiger partial charge is 0.354 e. The molecular weight excluding hydrogens is 567 g/mol. The van der Waals surface area contributed by atoms with Gasteiger partial charge in [0.1, 0.15) is 6.54 Å². The normalized spacial score (nSPS) is 11.2. The van der Waals surface area contributed by atoms with Gasteiger partial charge < -0.3 is 5.32 Å². The molecule has 0 heterocycles. The van der Waals surface area contributed by atoms with Crippen LogP contribution in [0.15, 0.2) is 82.2 Å². The third kappa shape index (κ3) is 7.39. The molecule has 174 valence electrons. The quantitative estimate of drug-likeness (QED) is 0.295. The zero-order valence-corrected chi connectivity index (χ0v) is 22.1. The second kappa shape index (κ2) is 12.1. The predicted molar refractivity (Wildman–Crippen MR) is 141 cm³/mol.